The van der Waals surface area contributed by atoms with Crippen molar-refractivity contribution in [3.05, 3.63) is 59.2 Å². The molecule has 0 heterocycles. The molecule has 2 aromatic carbocycles. The molecule has 0 bridgehead atoms. The Morgan fingerprint density at radius 1 is 1.20 bits per heavy atom. The number of nitriles is 1. The molecule has 0 saturated heterocycles. The molecular weight excluding hydrogens is 264 g/mol. The van der Waals surface area contributed by atoms with E-state index in [1.54, 1.807) is 18.2 Å². The minimum Gasteiger partial charge on any atom is -0.465 e. The topological polar surface area (TPSA) is 50.1 Å². The second kappa shape index (κ2) is 5.49. The zero-order chi connectivity index (χ0) is 14.7. The zero-order valence-corrected chi connectivity index (χ0v) is 10.5. The minimum absolute atomic E-state index is 0.0211. The van der Waals surface area contributed by atoms with E-state index in [4.69, 9.17) is 5.26 Å². The van der Waals surface area contributed by atoms with Crippen LogP contribution in [-0.4, -0.2) is 13.1 Å². The molecule has 2 rings (SSSR count). The van der Waals surface area contributed by atoms with Gasteiger partial charge in [0.25, 0.3) is 0 Å². The summed E-state index contributed by atoms with van der Waals surface area (Å²) in [5, 5.41) is 8.80. The van der Waals surface area contributed by atoms with E-state index in [9.17, 15) is 13.6 Å². The SMILES string of the molecule is COC(=O)c1ccc(-c2cccc(C#N)c2)c(F)c1F. The molecule has 100 valence electrons. The highest BCUT2D eigenvalue weighted by Crippen LogP contribution is 2.27. The van der Waals surface area contributed by atoms with Gasteiger partial charge in [-0.1, -0.05) is 18.2 Å². The maximum absolute atomic E-state index is 14.0. The third-order valence-electron chi connectivity index (χ3n) is 2.79. The summed E-state index contributed by atoms with van der Waals surface area (Å²) >= 11 is 0. The standard InChI is InChI=1S/C15H9F2NO2/c1-20-15(19)12-6-5-11(13(16)14(12)17)10-4-2-3-9(7-10)8-18/h2-7H,1H3. The van der Waals surface area contributed by atoms with Crippen LogP contribution in [0, 0.1) is 23.0 Å². The lowest BCUT2D eigenvalue weighted by molar-refractivity contribution is 0.0594. The number of halogens is 2. The molecule has 0 unspecified atom stereocenters. The molecule has 0 N–H and O–H groups in total. The van der Waals surface area contributed by atoms with E-state index in [1.807, 2.05) is 6.07 Å². The van der Waals surface area contributed by atoms with Gasteiger partial charge in [-0.05, 0) is 23.8 Å². The smallest absolute Gasteiger partial charge is 0.340 e. The van der Waals surface area contributed by atoms with Crippen LogP contribution in [0.1, 0.15) is 15.9 Å². The molecule has 0 saturated carbocycles. The Kier molecular flexibility index (Phi) is 3.76. The van der Waals surface area contributed by atoms with Gasteiger partial charge in [0.1, 0.15) is 0 Å². The van der Waals surface area contributed by atoms with Gasteiger partial charge in [0.2, 0.25) is 0 Å². The summed E-state index contributed by atoms with van der Waals surface area (Å²) in [6, 6.07) is 10.5. The minimum atomic E-state index is -1.27. The molecule has 0 atom stereocenters. The molecule has 0 aromatic heterocycles. The van der Waals surface area contributed by atoms with Gasteiger partial charge in [-0.25, -0.2) is 13.6 Å². The van der Waals surface area contributed by atoms with E-state index in [2.05, 4.69) is 4.74 Å². The van der Waals surface area contributed by atoms with Gasteiger partial charge in [0.15, 0.2) is 11.6 Å². The fourth-order valence-electron chi connectivity index (χ4n) is 1.80. The molecule has 20 heavy (non-hydrogen) atoms. The van der Waals surface area contributed by atoms with Gasteiger partial charge in [-0.15, -0.1) is 0 Å². The highest BCUT2D eigenvalue weighted by molar-refractivity contribution is 5.90. The molecule has 5 heteroatoms. The van der Waals surface area contributed by atoms with Crippen molar-refractivity contribution in [2.24, 2.45) is 0 Å². The Balaban J connectivity index is 2.57. The van der Waals surface area contributed by atoms with E-state index >= 15 is 0 Å². The summed E-state index contributed by atoms with van der Waals surface area (Å²) in [4.78, 5) is 11.3. The number of carbonyl (C=O) groups is 1. The lowest BCUT2D eigenvalue weighted by Gasteiger charge is -2.07. The van der Waals surface area contributed by atoms with Crippen LogP contribution in [0.2, 0.25) is 0 Å². The first-order chi connectivity index (χ1) is 9.58. The number of hydrogen-bond donors (Lipinski definition) is 0. The summed E-state index contributed by atoms with van der Waals surface area (Å²) in [5.41, 5.74) is 0.202. The summed E-state index contributed by atoms with van der Waals surface area (Å²) in [7, 11) is 1.09. The first-order valence-electron chi connectivity index (χ1n) is 5.65. The summed E-state index contributed by atoms with van der Waals surface area (Å²) < 4.78 is 32.2. The third kappa shape index (κ3) is 2.36. The van der Waals surface area contributed by atoms with Crippen molar-refractivity contribution in [1.82, 2.24) is 0 Å². The van der Waals surface area contributed by atoms with Gasteiger partial charge in [0, 0.05) is 5.56 Å². The number of rotatable bonds is 2. The number of benzene rings is 2. The van der Waals surface area contributed by atoms with E-state index in [0.717, 1.165) is 13.2 Å². The number of methoxy groups -OCH3 is 1. The van der Waals surface area contributed by atoms with E-state index < -0.39 is 23.2 Å². The highest BCUT2D eigenvalue weighted by atomic mass is 19.2. The van der Waals surface area contributed by atoms with Crippen LogP contribution < -0.4 is 0 Å². The summed E-state index contributed by atoms with van der Waals surface area (Å²) in [6.45, 7) is 0. The molecule has 3 nitrogen and oxygen atoms in total. The van der Waals surface area contributed by atoms with Crippen LogP contribution in [0.15, 0.2) is 36.4 Å². The molecule has 0 aliphatic heterocycles. The van der Waals surface area contributed by atoms with Crippen LogP contribution in [0.3, 0.4) is 0 Å². The molecule has 0 fully saturated rings. The molecule has 0 aliphatic carbocycles. The van der Waals surface area contributed by atoms with Crippen LogP contribution in [-0.2, 0) is 4.74 Å². The number of ether oxygens (including phenoxy) is 1. The lowest BCUT2D eigenvalue weighted by atomic mass is 10.0. The van der Waals surface area contributed by atoms with Gasteiger partial charge in [-0.2, -0.15) is 5.26 Å². The third-order valence-corrected chi connectivity index (χ3v) is 2.79. The molecule has 0 aliphatic rings. The maximum Gasteiger partial charge on any atom is 0.340 e. The fourth-order valence-corrected chi connectivity index (χ4v) is 1.80. The molecule has 0 radical (unpaired) electrons. The highest BCUT2D eigenvalue weighted by Gasteiger charge is 2.19. The predicted octanol–water partition coefficient (Wildman–Crippen LogP) is 3.29. The van der Waals surface area contributed by atoms with Crippen molar-refractivity contribution >= 4 is 5.97 Å². The van der Waals surface area contributed by atoms with E-state index in [1.165, 1.54) is 12.1 Å². The average molecular weight is 273 g/mol. The van der Waals surface area contributed by atoms with Crippen LogP contribution >= 0.6 is 0 Å². The van der Waals surface area contributed by atoms with Crippen molar-refractivity contribution in [1.29, 1.82) is 5.26 Å². The quantitative estimate of drug-likeness (QED) is 0.789. The Hall–Kier alpha value is -2.74. The lowest BCUT2D eigenvalue weighted by Crippen LogP contribution is -2.06. The molecule has 0 spiro atoms. The zero-order valence-electron chi connectivity index (χ0n) is 10.5. The van der Waals surface area contributed by atoms with Gasteiger partial charge >= 0.3 is 5.97 Å². The summed E-state index contributed by atoms with van der Waals surface area (Å²) in [5.74, 6) is -3.36. The van der Waals surface area contributed by atoms with Gasteiger partial charge in [-0.3, -0.25) is 0 Å². The summed E-state index contributed by atoms with van der Waals surface area (Å²) in [6.07, 6.45) is 0. The van der Waals surface area contributed by atoms with Crippen molar-refractivity contribution < 1.29 is 18.3 Å². The number of carbonyl (C=O) groups excluding carboxylic acids is 1. The Morgan fingerprint density at radius 3 is 2.60 bits per heavy atom. The molecule has 2 aromatic rings. The predicted molar refractivity (Wildman–Crippen MR) is 67.8 cm³/mol. The van der Waals surface area contributed by atoms with Crippen LogP contribution in [0.25, 0.3) is 11.1 Å². The second-order valence-corrected chi connectivity index (χ2v) is 3.97. The van der Waals surface area contributed by atoms with Gasteiger partial charge in [0.05, 0.1) is 24.3 Å². The Morgan fingerprint density at radius 2 is 1.95 bits per heavy atom. The van der Waals surface area contributed by atoms with Crippen LogP contribution in [0.4, 0.5) is 8.78 Å². The van der Waals surface area contributed by atoms with Crippen molar-refractivity contribution in [2.45, 2.75) is 0 Å². The van der Waals surface area contributed by atoms with Crippen molar-refractivity contribution in [2.75, 3.05) is 7.11 Å². The van der Waals surface area contributed by atoms with Crippen LogP contribution in [0.5, 0.6) is 0 Å². The number of esters is 1. The maximum atomic E-state index is 14.0. The first-order valence-corrected chi connectivity index (χ1v) is 5.65. The monoisotopic (exact) mass is 273 g/mol. The second-order valence-electron chi connectivity index (χ2n) is 3.97. The van der Waals surface area contributed by atoms with E-state index in [0.29, 0.717) is 11.1 Å². The van der Waals surface area contributed by atoms with Gasteiger partial charge < -0.3 is 4.74 Å². The average Bonchev–Trinajstić information content (AvgIpc) is 2.49. The normalized spacial score (nSPS) is 9.90. The van der Waals surface area contributed by atoms with E-state index in [-0.39, 0.29) is 5.56 Å². The molecule has 0 amide bonds. The Bertz CT molecular complexity index is 720. The largest absolute Gasteiger partial charge is 0.465 e. The first kappa shape index (κ1) is 13.7. The van der Waals surface area contributed by atoms with Crippen molar-refractivity contribution in [3.63, 3.8) is 0 Å². The fraction of sp³-hybridized carbons (Fsp3) is 0.0667. The Labute approximate surface area is 114 Å². The number of hydrogen-bond acceptors (Lipinski definition) is 3. The number of nitrogens with zero attached hydrogens (tertiary/aromatic N) is 1. The molecular formula is C15H9F2NO2. The van der Waals surface area contributed by atoms with Crippen molar-refractivity contribution in [3.8, 4) is 17.2 Å².